The maximum absolute atomic E-state index is 12.6. The lowest BCUT2D eigenvalue weighted by molar-refractivity contribution is 0.0684. The van der Waals surface area contributed by atoms with Crippen LogP contribution in [0.25, 0.3) is 0 Å². The molecule has 20 heavy (non-hydrogen) atoms. The molecule has 0 bridgehead atoms. The number of nitrogens with one attached hydrogen (secondary N) is 1. The number of likely N-dealkylation sites (tertiary alicyclic amines) is 1. The zero-order valence-corrected chi connectivity index (χ0v) is 11.9. The van der Waals surface area contributed by atoms with E-state index in [4.69, 9.17) is 0 Å². The number of rotatable bonds is 1. The largest absolute Gasteiger partial charge is 0.349 e. The van der Waals surface area contributed by atoms with Gasteiger partial charge < -0.3 is 14.8 Å². The van der Waals surface area contributed by atoms with Crippen LogP contribution in [0.4, 0.5) is 0 Å². The van der Waals surface area contributed by atoms with Gasteiger partial charge in [0.15, 0.2) is 5.69 Å². The van der Waals surface area contributed by atoms with Crippen LogP contribution >= 0.6 is 0 Å². The second-order valence-corrected chi connectivity index (χ2v) is 5.88. The predicted octanol–water partition coefficient (Wildman–Crippen LogP) is 1.06. The third-order valence-electron chi connectivity index (χ3n) is 4.32. The topological polar surface area (TPSA) is 67.2 Å². The molecule has 2 amide bonds. The van der Waals surface area contributed by atoms with Crippen molar-refractivity contribution in [3.8, 4) is 0 Å². The summed E-state index contributed by atoms with van der Waals surface area (Å²) in [5, 5.41) is 2.81. The molecule has 3 heterocycles. The first-order chi connectivity index (χ1) is 9.58. The highest BCUT2D eigenvalue weighted by Gasteiger charge is 2.32. The molecule has 1 N–H and O–H groups in total. The van der Waals surface area contributed by atoms with Gasteiger partial charge in [-0.05, 0) is 25.7 Å². The van der Waals surface area contributed by atoms with E-state index in [0.717, 1.165) is 25.9 Å². The van der Waals surface area contributed by atoms with E-state index in [-0.39, 0.29) is 17.9 Å². The van der Waals surface area contributed by atoms with Gasteiger partial charge in [-0.25, -0.2) is 4.98 Å². The zero-order chi connectivity index (χ0) is 14.3. The highest BCUT2D eigenvalue weighted by atomic mass is 16.2. The maximum Gasteiger partial charge on any atom is 0.274 e. The number of hydrogen-bond donors (Lipinski definition) is 1. The second kappa shape index (κ2) is 4.92. The van der Waals surface area contributed by atoms with Gasteiger partial charge in [-0.1, -0.05) is 6.92 Å². The first kappa shape index (κ1) is 13.1. The lowest BCUT2D eigenvalue weighted by Crippen LogP contribution is -2.41. The minimum Gasteiger partial charge on any atom is -0.349 e. The van der Waals surface area contributed by atoms with Crippen molar-refractivity contribution in [1.29, 1.82) is 0 Å². The molecule has 2 aliphatic rings. The average molecular weight is 276 g/mol. The molecular weight excluding hydrogens is 256 g/mol. The first-order valence-electron chi connectivity index (χ1n) is 7.22. The lowest BCUT2D eigenvalue weighted by atomic mass is 9.99. The van der Waals surface area contributed by atoms with Crippen LogP contribution < -0.4 is 5.32 Å². The van der Waals surface area contributed by atoms with Crippen molar-refractivity contribution in [3.63, 3.8) is 0 Å². The van der Waals surface area contributed by atoms with Crippen LogP contribution in [0, 0.1) is 5.92 Å². The summed E-state index contributed by atoms with van der Waals surface area (Å²) >= 11 is 0. The molecule has 0 aliphatic carbocycles. The molecule has 3 rings (SSSR count). The fraction of sp³-hybridized carbons (Fsp3) is 0.643. The quantitative estimate of drug-likeness (QED) is 0.834. The fourth-order valence-corrected chi connectivity index (χ4v) is 2.86. The van der Waals surface area contributed by atoms with Crippen LogP contribution in [-0.4, -0.2) is 45.9 Å². The Hall–Kier alpha value is -1.85. The molecule has 1 aromatic rings. The van der Waals surface area contributed by atoms with E-state index in [0.29, 0.717) is 23.9 Å². The van der Waals surface area contributed by atoms with Gasteiger partial charge in [0.2, 0.25) is 0 Å². The number of nitrogens with zero attached hydrogens (tertiary/aromatic N) is 3. The van der Waals surface area contributed by atoms with E-state index in [2.05, 4.69) is 17.2 Å². The first-order valence-corrected chi connectivity index (χ1v) is 7.22. The van der Waals surface area contributed by atoms with Crippen molar-refractivity contribution in [2.24, 2.45) is 5.92 Å². The van der Waals surface area contributed by atoms with Crippen molar-refractivity contribution >= 4 is 11.8 Å². The SMILES string of the molecule is CC1CCN(C(=O)c2ncn3c2C(=O)NC[C@H]3C)CC1. The number of hydrogen-bond acceptors (Lipinski definition) is 3. The number of piperidine rings is 1. The summed E-state index contributed by atoms with van der Waals surface area (Å²) in [6.45, 7) is 6.29. The summed E-state index contributed by atoms with van der Waals surface area (Å²) in [7, 11) is 0. The number of imidazole rings is 1. The van der Waals surface area contributed by atoms with E-state index in [1.54, 1.807) is 10.9 Å². The molecule has 108 valence electrons. The van der Waals surface area contributed by atoms with Gasteiger partial charge in [0.1, 0.15) is 5.69 Å². The van der Waals surface area contributed by atoms with E-state index >= 15 is 0 Å². The van der Waals surface area contributed by atoms with Crippen LogP contribution in [0.5, 0.6) is 0 Å². The van der Waals surface area contributed by atoms with Crippen molar-refractivity contribution in [2.75, 3.05) is 19.6 Å². The van der Waals surface area contributed by atoms with Gasteiger partial charge in [-0.15, -0.1) is 0 Å². The third-order valence-corrected chi connectivity index (χ3v) is 4.32. The van der Waals surface area contributed by atoms with Crippen LogP contribution in [0.2, 0.25) is 0 Å². The Kier molecular flexibility index (Phi) is 3.23. The number of aromatic nitrogens is 2. The highest BCUT2D eigenvalue weighted by Crippen LogP contribution is 2.22. The molecule has 1 fully saturated rings. The van der Waals surface area contributed by atoms with Gasteiger partial charge in [0.05, 0.1) is 6.33 Å². The normalized spacial score (nSPS) is 23.4. The summed E-state index contributed by atoms with van der Waals surface area (Å²) in [6, 6.07) is 0.137. The lowest BCUT2D eigenvalue weighted by Gasteiger charge is -2.30. The van der Waals surface area contributed by atoms with Gasteiger partial charge >= 0.3 is 0 Å². The summed E-state index contributed by atoms with van der Waals surface area (Å²) in [4.78, 5) is 30.6. The van der Waals surface area contributed by atoms with Crippen molar-refractivity contribution in [2.45, 2.75) is 32.7 Å². The Bertz CT molecular complexity index is 543. The molecule has 0 aromatic carbocycles. The fourth-order valence-electron chi connectivity index (χ4n) is 2.86. The van der Waals surface area contributed by atoms with E-state index in [1.165, 1.54) is 0 Å². The smallest absolute Gasteiger partial charge is 0.274 e. The Morgan fingerprint density at radius 3 is 2.75 bits per heavy atom. The zero-order valence-electron chi connectivity index (χ0n) is 11.9. The number of amides is 2. The Balaban J connectivity index is 1.88. The monoisotopic (exact) mass is 276 g/mol. The van der Waals surface area contributed by atoms with Crippen LogP contribution in [0.3, 0.4) is 0 Å². The molecular formula is C14H20N4O2. The third kappa shape index (κ3) is 2.09. The minimum absolute atomic E-state index is 0.116. The van der Waals surface area contributed by atoms with Gasteiger partial charge in [-0.3, -0.25) is 9.59 Å². The molecule has 6 nitrogen and oxygen atoms in total. The maximum atomic E-state index is 12.6. The predicted molar refractivity (Wildman–Crippen MR) is 73.6 cm³/mol. The average Bonchev–Trinajstić information content (AvgIpc) is 2.89. The molecule has 0 radical (unpaired) electrons. The van der Waals surface area contributed by atoms with Gasteiger partial charge in [0, 0.05) is 25.7 Å². The minimum atomic E-state index is -0.200. The standard InChI is InChI=1S/C14H20N4O2/c1-9-3-5-17(6-4-9)14(20)11-12-13(19)15-7-10(2)18(12)8-16-11/h8-10H,3-7H2,1-2H3,(H,15,19)/t10-/m1/s1. The molecule has 1 atom stereocenters. The summed E-state index contributed by atoms with van der Waals surface area (Å²) in [5.74, 6) is 0.350. The van der Waals surface area contributed by atoms with Crippen LogP contribution in [-0.2, 0) is 0 Å². The second-order valence-electron chi connectivity index (χ2n) is 5.88. The Morgan fingerprint density at radius 1 is 1.35 bits per heavy atom. The van der Waals surface area contributed by atoms with Crippen molar-refractivity contribution < 1.29 is 9.59 Å². The summed E-state index contributed by atoms with van der Waals surface area (Å²) < 4.78 is 1.80. The number of carbonyl (C=O) groups excluding carboxylic acids is 2. The Morgan fingerprint density at radius 2 is 2.05 bits per heavy atom. The number of carbonyl (C=O) groups is 2. The molecule has 0 unspecified atom stereocenters. The van der Waals surface area contributed by atoms with Gasteiger partial charge in [0.25, 0.3) is 11.8 Å². The van der Waals surface area contributed by atoms with Crippen LogP contribution in [0.1, 0.15) is 53.7 Å². The van der Waals surface area contributed by atoms with Crippen molar-refractivity contribution in [3.05, 3.63) is 17.7 Å². The summed E-state index contributed by atoms with van der Waals surface area (Å²) in [6.07, 6.45) is 3.65. The van der Waals surface area contributed by atoms with E-state index < -0.39 is 0 Å². The molecule has 2 aliphatic heterocycles. The van der Waals surface area contributed by atoms with Crippen LogP contribution in [0.15, 0.2) is 6.33 Å². The molecule has 0 spiro atoms. The van der Waals surface area contributed by atoms with E-state index in [1.807, 2.05) is 11.8 Å². The summed E-state index contributed by atoms with van der Waals surface area (Å²) in [5.41, 5.74) is 0.705. The highest BCUT2D eigenvalue weighted by molar-refractivity contribution is 6.05. The van der Waals surface area contributed by atoms with Gasteiger partial charge in [-0.2, -0.15) is 0 Å². The number of fused-ring (bicyclic) bond motifs is 1. The van der Waals surface area contributed by atoms with E-state index in [9.17, 15) is 9.59 Å². The van der Waals surface area contributed by atoms with Crippen molar-refractivity contribution in [1.82, 2.24) is 19.8 Å². The Labute approximate surface area is 118 Å². The molecule has 1 aromatic heterocycles. The molecule has 0 saturated carbocycles. The molecule has 1 saturated heterocycles. The molecule has 6 heteroatoms.